The summed E-state index contributed by atoms with van der Waals surface area (Å²) in [6, 6.07) is 5.85. The summed E-state index contributed by atoms with van der Waals surface area (Å²) in [5, 5.41) is 30.8. The maximum atomic E-state index is 9.00. The number of carboxylic acids is 1. The van der Waals surface area contributed by atoms with Crippen molar-refractivity contribution < 1.29 is 20.1 Å². The number of rotatable bonds is 0. The Hall–Kier alpha value is -2.44. The molecule has 0 spiro atoms. The standard InChI is InChI=1S/C6H6O2.C2H4O2.CH5N3/c7-5-2-1-3-6(8)4-5;1-2(3)4;2-1(3)4/h1-4,7-8H;1H3,(H,3,4);(H5,2,3,4). The Morgan fingerprint density at radius 3 is 1.62 bits per heavy atom. The maximum absolute atomic E-state index is 9.00. The van der Waals surface area contributed by atoms with Gasteiger partial charge in [-0.1, -0.05) is 6.07 Å². The molecule has 90 valence electrons. The highest BCUT2D eigenvalue weighted by molar-refractivity contribution is 5.71. The van der Waals surface area contributed by atoms with Crippen molar-refractivity contribution in [1.82, 2.24) is 0 Å². The van der Waals surface area contributed by atoms with Gasteiger partial charge in [-0.25, -0.2) is 0 Å². The molecule has 0 aliphatic rings. The van der Waals surface area contributed by atoms with Crippen LogP contribution in [0.25, 0.3) is 0 Å². The second kappa shape index (κ2) is 9.13. The van der Waals surface area contributed by atoms with Crippen LogP contribution in [0, 0.1) is 5.41 Å². The molecular formula is C9H15N3O4. The lowest BCUT2D eigenvalue weighted by Gasteiger charge is -1.89. The third-order valence-electron chi connectivity index (χ3n) is 0.830. The maximum Gasteiger partial charge on any atom is 0.300 e. The molecule has 0 radical (unpaired) electrons. The Morgan fingerprint density at radius 1 is 1.25 bits per heavy atom. The van der Waals surface area contributed by atoms with Gasteiger partial charge in [-0.15, -0.1) is 0 Å². The molecule has 1 aromatic rings. The van der Waals surface area contributed by atoms with Crippen molar-refractivity contribution in [3.63, 3.8) is 0 Å². The number of benzene rings is 1. The summed E-state index contributed by atoms with van der Waals surface area (Å²) < 4.78 is 0. The zero-order chi connectivity index (χ0) is 13.1. The average Bonchev–Trinajstić information content (AvgIpc) is 2.00. The van der Waals surface area contributed by atoms with Crippen LogP contribution < -0.4 is 11.5 Å². The molecule has 0 fully saturated rings. The number of carbonyl (C=O) groups is 1. The molecule has 7 heteroatoms. The van der Waals surface area contributed by atoms with Gasteiger partial charge in [0.15, 0.2) is 5.96 Å². The highest BCUT2D eigenvalue weighted by Gasteiger charge is 1.85. The predicted molar refractivity (Wildman–Crippen MR) is 59.2 cm³/mol. The van der Waals surface area contributed by atoms with Crippen molar-refractivity contribution in [1.29, 1.82) is 5.41 Å². The van der Waals surface area contributed by atoms with Crippen molar-refractivity contribution in [2.24, 2.45) is 11.5 Å². The van der Waals surface area contributed by atoms with E-state index in [9.17, 15) is 0 Å². The predicted octanol–water partition coefficient (Wildman–Crippen LogP) is 0.0273. The van der Waals surface area contributed by atoms with E-state index in [1.165, 1.54) is 18.2 Å². The molecular weight excluding hydrogens is 214 g/mol. The molecule has 0 saturated carbocycles. The molecule has 0 amide bonds. The number of guanidine groups is 1. The molecule has 16 heavy (non-hydrogen) atoms. The molecule has 1 rings (SSSR count). The molecule has 0 heterocycles. The number of aliphatic carboxylic acids is 1. The Kier molecular flexibility index (Phi) is 9.13. The minimum atomic E-state index is -0.833. The van der Waals surface area contributed by atoms with Crippen LogP contribution in [0.3, 0.4) is 0 Å². The Balaban J connectivity index is 0. The van der Waals surface area contributed by atoms with Gasteiger partial charge in [0.25, 0.3) is 5.97 Å². The normalized spacial score (nSPS) is 7.56. The zero-order valence-corrected chi connectivity index (χ0v) is 8.71. The first-order valence-corrected chi connectivity index (χ1v) is 4.02. The number of phenols is 2. The number of nitrogens with one attached hydrogen (secondary N) is 1. The quantitative estimate of drug-likeness (QED) is 0.272. The summed E-state index contributed by atoms with van der Waals surface area (Å²) in [5.41, 5.74) is 8.94. The number of hydrogen-bond donors (Lipinski definition) is 6. The van der Waals surface area contributed by atoms with E-state index in [1.807, 2.05) is 0 Å². The lowest BCUT2D eigenvalue weighted by molar-refractivity contribution is -0.134. The summed E-state index contributed by atoms with van der Waals surface area (Å²) in [6.45, 7) is 1.08. The van der Waals surface area contributed by atoms with E-state index in [-0.39, 0.29) is 17.5 Å². The third-order valence-corrected chi connectivity index (χ3v) is 0.830. The van der Waals surface area contributed by atoms with Gasteiger partial charge < -0.3 is 26.8 Å². The van der Waals surface area contributed by atoms with Crippen LogP contribution in [-0.4, -0.2) is 27.2 Å². The van der Waals surface area contributed by atoms with Crippen LogP contribution in [0.2, 0.25) is 0 Å². The molecule has 7 nitrogen and oxygen atoms in total. The third kappa shape index (κ3) is 22.6. The minimum absolute atomic E-state index is 0.0880. The first kappa shape index (κ1) is 16.0. The fraction of sp³-hybridized carbons (Fsp3) is 0.111. The first-order chi connectivity index (χ1) is 7.25. The molecule has 0 atom stereocenters. The van der Waals surface area contributed by atoms with E-state index >= 15 is 0 Å². The molecule has 0 aliphatic heterocycles. The van der Waals surface area contributed by atoms with E-state index < -0.39 is 5.97 Å². The second-order valence-corrected chi connectivity index (χ2v) is 2.49. The fourth-order valence-corrected chi connectivity index (χ4v) is 0.493. The SMILES string of the molecule is CC(=O)O.N=C(N)N.Oc1cccc(O)c1. The van der Waals surface area contributed by atoms with Gasteiger partial charge in [-0.2, -0.15) is 0 Å². The van der Waals surface area contributed by atoms with Crippen molar-refractivity contribution in [3.8, 4) is 11.5 Å². The van der Waals surface area contributed by atoms with Crippen LogP contribution in [0.15, 0.2) is 24.3 Å². The van der Waals surface area contributed by atoms with Crippen LogP contribution in [-0.2, 0) is 4.79 Å². The highest BCUT2D eigenvalue weighted by atomic mass is 16.4. The topological polar surface area (TPSA) is 154 Å². The highest BCUT2D eigenvalue weighted by Crippen LogP contribution is 2.14. The summed E-state index contributed by atoms with van der Waals surface area (Å²) in [4.78, 5) is 9.00. The Morgan fingerprint density at radius 2 is 1.50 bits per heavy atom. The van der Waals surface area contributed by atoms with Crippen molar-refractivity contribution in [2.75, 3.05) is 0 Å². The Labute approximate surface area is 92.4 Å². The van der Waals surface area contributed by atoms with E-state index in [2.05, 4.69) is 11.5 Å². The monoisotopic (exact) mass is 229 g/mol. The molecule has 0 aromatic heterocycles. The average molecular weight is 229 g/mol. The van der Waals surface area contributed by atoms with Crippen molar-refractivity contribution >= 4 is 11.9 Å². The van der Waals surface area contributed by atoms with Gasteiger partial charge in [0.2, 0.25) is 0 Å². The molecule has 0 aliphatic carbocycles. The van der Waals surface area contributed by atoms with Crippen molar-refractivity contribution in [3.05, 3.63) is 24.3 Å². The minimum Gasteiger partial charge on any atom is -0.508 e. The number of aromatic hydroxyl groups is 2. The molecule has 0 bridgehead atoms. The van der Waals surface area contributed by atoms with E-state index in [0.29, 0.717) is 0 Å². The van der Waals surface area contributed by atoms with Crippen LogP contribution in [0.5, 0.6) is 11.5 Å². The van der Waals surface area contributed by atoms with Gasteiger partial charge >= 0.3 is 0 Å². The number of nitrogens with two attached hydrogens (primary N) is 2. The van der Waals surface area contributed by atoms with Crippen molar-refractivity contribution in [2.45, 2.75) is 6.92 Å². The molecule has 0 unspecified atom stereocenters. The van der Waals surface area contributed by atoms with Gasteiger partial charge in [0.1, 0.15) is 11.5 Å². The first-order valence-electron chi connectivity index (χ1n) is 4.02. The molecule has 0 saturated heterocycles. The second-order valence-electron chi connectivity index (χ2n) is 2.49. The summed E-state index contributed by atoms with van der Waals surface area (Å²) in [7, 11) is 0. The lowest BCUT2D eigenvalue weighted by atomic mass is 10.3. The number of hydrogen-bond acceptors (Lipinski definition) is 4. The molecule has 8 N–H and O–H groups in total. The number of phenolic OH excluding ortho intramolecular Hbond substituents is 2. The molecule has 1 aromatic carbocycles. The van der Waals surface area contributed by atoms with Gasteiger partial charge in [0, 0.05) is 13.0 Å². The number of carboxylic acid groups (broad SMARTS) is 1. The zero-order valence-electron chi connectivity index (χ0n) is 8.71. The van der Waals surface area contributed by atoms with Gasteiger partial charge in [-0.3, -0.25) is 10.2 Å². The summed E-state index contributed by atoms with van der Waals surface area (Å²) in [6.07, 6.45) is 0. The fourth-order valence-electron chi connectivity index (χ4n) is 0.493. The largest absolute Gasteiger partial charge is 0.508 e. The van der Waals surface area contributed by atoms with E-state index in [4.69, 9.17) is 25.5 Å². The van der Waals surface area contributed by atoms with Crippen LogP contribution in [0.4, 0.5) is 0 Å². The van der Waals surface area contributed by atoms with Gasteiger partial charge in [-0.05, 0) is 12.1 Å². The van der Waals surface area contributed by atoms with Crippen LogP contribution in [0.1, 0.15) is 6.92 Å². The smallest absolute Gasteiger partial charge is 0.300 e. The lowest BCUT2D eigenvalue weighted by Crippen LogP contribution is -2.20. The van der Waals surface area contributed by atoms with E-state index in [0.717, 1.165) is 6.92 Å². The summed E-state index contributed by atoms with van der Waals surface area (Å²) >= 11 is 0. The van der Waals surface area contributed by atoms with E-state index in [1.54, 1.807) is 6.07 Å². The summed E-state index contributed by atoms with van der Waals surface area (Å²) in [5.74, 6) is -0.991. The van der Waals surface area contributed by atoms with Gasteiger partial charge in [0.05, 0.1) is 0 Å². The van der Waals surface area contributed by atoms with Crippen LogP contribution >= 0.6 is 0 Å². The Bertz CT molecular complexity index is 304.